The average Bonchev–Trinajstić information content (AvgIpc) is 3.17. The lowest BCUT2D eigenvalue weighted by atomic mass is 10.0. The van der Waals surface area contributed by atoms with Gasteiger partial charge < -0.3 is 10.2 Å². The Kier molecular flexibility index (Phi) is 8.07. The molecule has 1 unspecified atom stereocenters. The SMILES string of the molecule is CC(C)c1cc(C(=O)N2CCC(N3CCNCC3)C2)c2ccccc2n1.Cl.Cl. The van der Waals surface area contributed by atoms with Gasteiger partial charge >= 0.3 is 0 Å². The Morgan fingerprint density at radius 1 is 1.14 bits per heavy atom. The van der Waals surface area contributed by atoms with Crippen LogP contribution in [0.3, 0.4) is 0 Å². The Labute approximate surface area is 179 Å². The van der Waals surface area contributed by atoms with Crippen LogP contribution >= 0.6 is 24.8 Å². The van der Waals surface area contributed by atoms with E-state index in [1.807, 2.05) is 35.2 Å². The first-order chi connectivity index (χ1) is 12.6. The van der Waals surface area contributed by atoms with Crippen LogP contribution in [0.25, 0.3) is 10.9 Å². The van der Waals surface area contributed by atoms with Crippen molar-refractivity contribution < 1.29 is 4.79 Å². The fraction of sp³-hybridized carbons (Fsp3) is 0.524. The number of aromatic nitrogens is 1. The third kappa shape index (κ3) is 4.60. The summed E-state index contributed by atoms with van der Waals surface area (Å²) in [5.41, 5.74) is 2.71. The summed E-state index contributed by atoms with van der Waals surface area (Å²) in [4.78, 5) is 22.7. The number of benzene rings is 1. The van der Waals surface area contributed by atoms with Gasteiger partial charge in [0, 0.05) is 56.4 Å². The number of fused-ring (bicyclic) bond motifs is 1. The van der Waals surface area contributed by atoms with Crippen molar-refractivity contribution in [2.45, 2.75) is 32.2 Å². The number of pyridine rings is 1. The molecule has 1 amide bonds. The topological polar surface area (TPSA) is 48.5 Å². The zero-order valence-corrected chi connectivity index (χ0v) is 18.2. The highest BCUT2D eigenvalue weighted by Gasteiger charge is 2.32. The fourth-order valence-corrected chi connectivity index (χ4v) is 4.11. The summed E-state index contributed by atoms with van der Waals surface area (Å²) in [7, 11) is 0. The van der Waals surface area contributed by atoms with Crippen molar-refractivity contribution in [1.29, 1.82) is 0 Å². The molecular weight excluding hydrogens is 395 g/mol. The van der Waals surface area contributed by atoms with Crippen molar-refractivity contribution in [3.05, 3.63) is 41.6 Å². The van der Waals surface area contributed by atoms with Crippen molar-refractivity contribution in [1.82, 2.24) is 20.1 Å². The van der Waals surface area contributed by atoms with Gasteiger partial charge in [-0.2, -0.15) is 0 Å². The summed E-state index contributed by atoms with van der Waals surface area (Å²) in [6.07, 6.45) is 1.08. The van der Waals surface area contributed by atoms with Crippen LogP contribution in [-0.4, -0.2) is 66.0 Å². The molecule has 2 aromatic rings. The molecule has 0 radical (unpaired) electrons. The molecule has 2 fully saturated rings. The minimum absolute atomic E-state index is 0. The second-order valence-corrected chi connectivity index (χ2v) is 7.75. The molecule has 3 heterocycles. The molecule has 7 heteroatoms. The van der Waals surface area contributed by atoms with Gasteiger partial charge in [0.15, 0.2) is 0 Å². The lowest BCUT2D eigenvalue weighted by Gasteiger charge is -2.32. The molecule has 1 N–H and O–H groups in total. The zero-order valence-electron chi connectivity index (χ0n) is 16.6. The average molecular weight is 425 g/mol. The Balaban J connectivity index is 0.00000140. The van der Waals surface area contributed by atoms with Crippen LogP contribution in [0.15, 0.2) is 30.3 Å². The van der Waals surface area contributed by atoms with Gasteiger partial charge in [-0.15, -0.1) is 24.8 Å². The number of likely N-dealkylation sites (tertiary alicyclic amines) is 1. The van der Waals surface area contributed by atoms with Gasteiger partial charge in [-0.25, -0.2) is 0 Å². The Hall–Kier alpha value is -1.40. The van der Waals surface area contributed by atoms with Gasteiger partial charge in [0.05, 0.1) is 11.1 Å². The van der Waals surface area contributed by atoms with Gasteiger partial charge in [-0.3, -0.25) is 14.7 Å². The minimum Gasteiger partial charge on any atom is -0.337 e. The first kappa shape index (κ1) is 22.9. The third-order valence-electron chi connectivity index (χ3n) is 5.68. The number of hydrogen-bond donors (Lipinski definition) is 1. The molecule has 1 aromatic heterocycles. The van der Waals surface area contributed by atoms with Crippen molar-refractivity contribution in [2.24, 2.45) is 0 Å². The normalized spacial score (nSPS) is 20.1. The van der Waals surface area contributed by atoms with E-state index in [-0.39, 0.29) is 30.7 Å². The van der Waals surface area contributed by atoms with Crippen molar-refractivity contribution >= 4 is 41.6 Å². The monoisotopic (exact) mass is 424 g/mol. The highest BCUT2D eigenvalue weighted by Crippen LogP contribution is 2.26. The number of carbonyl (C=O) groups is 1. The Morgan fingerprint density at radius 3 is 2.57 bits per heavy atom. The van der Waals surface area contributed by atoms with Gasteiger partial charge in [0.1, 0.15) is 0 Å². The van der Waals surface area contributed by atoms with E-state index in [2.05, 4.69) is 24.1 Å². The number of rotatable bonds is 3. The highest BCUT2D eigenvalue weighted by molar-refractivity contribution is 6.06. The molecule has 1 atom stereocenters. The summed E-state index contributed by atoms with van der Waals surface area (Å²) in [6, 6.07) is 10.5. The number of hydrogen-bond acceptors (Lipinski definition) is 4. The van der Waals surface area contributed by atoms with E-state index >= 15 is 0 Å². The molecule has 0 bridgehead atoms. The summed E-state index contributed by atoms with van der Waals surface area (Å²) in [5.74, 6) is 0.460. The maximum Gasteiger partial charge on any atom is 0.254 e. The van der Waals surface area contributed by atoms with E-state index in [1.165, 1.54) is 0 Å². The number of nitrogens with zero attached hydrogens (tertiary/aromatic N) is 3. The number of halogens is 2. The molecule has 0 spiro atoms. The van der Waals surface area contributed by atoms with E-state index in [1.54, 1.807) is 0 Å². The van der Waals surface area contributed by atoms with Crippen molar-refractivity contribution in [3.63, 3.8) is 0 Å². The first-order valence-corrected chi connectivity index (χ1v) is 9.77. The summed E-state index contributed by atoms with van der Waals surface area (Å²) < 4.78 is 0. The van der Waals surface area contributed by atoms with Gasteiger partial charge in [0.25, 0.3) is 5.91 Å². The van der Waals surface area contributed by atoms with Gasteiger partial charge in [-0.1, -0.05) is 32.0 Å². The van der Waals surface area contributed by atoms with Crippen LogP contribution in [0.2, 0.25) is 0 Å². The van der Waals surface area contributed by atoms with Crippen LogP contribution < -0.4 is 5.32 Å². The highest BCUT2D eigenvalue weighted by atomic mass is 35.5. The van der Waals surface area contributed by atoms with Crippen molar-refractivity contribution in [3.8, 4) is 0 Å². The van der Waals surface area contributed by atoms with Crippen LogP contribution in [0.4, 0.5) is 0 Å². The Bertz CT molecular complexity index is 808. The van der Waals surface area contributed by atoms with E-state index in [9.17, 15) is 4.79 Å². The standard InChI is InChI=1S/C21H28N4O.2ClH/c1-15(2)20-13-18(17-5-3-4-6-19(17)23-20)21(26)25-10-7-16(14-25)24-11-8-22-9-12-24;;/h3-6,13,15-16,22H,7-12,14H2,1-2H3;2*1H. The molecular formula is C21H30Cl2N4O. The van der Waals surface area contributed by atoms with Gasteiger partial charge in [-0.05, 0) is 24.5 Å². The molecule has 28 heavy (non-hydrogen) atoms. The molecule has 2 saturated heterocycles. The quantitative estimate of drug-likeness (QED) is 0.820. The summed E-state index contributed by atoms with van der Waals surface area (Å²) in [6.45, 7) is 10.2. The van der Waals surface area contributed by atoms with E-state index in [0.717, 1.165) is 67.8 Å². The Morgan fingerprint density at radius 2 is 1.86 bits per heavy atom. The molecule has 2 aliphatic rings. The lowest BCUT2D eigenvalue weighted by Crippen LogP contribution is -2.49. The van der Waals surface area contributed by atoms with E-state index in [4.69, 9.17) is 4.98 Å². The molecule has 4 rings (SSSR count). The second-order valence-electron chi connectivity index (χ2n) is 7.75. The van der Waals surface area contributed by atoms with Crippen LogP contribution in [0.5, 0.6) is 0 Å². The zero-order chi connectivity index (χ0) is 18.1. The maximum absolute atomic E-state index is 13.3. The molecule has 154 valence electrons. The molecule has 0 aliphatic carbocycles. The summed E-state index contributed by atoms with van der Waals surface area (Å²) >= 11 is 0. The van der Waals surface area contributed by atoms with E-state index < -0.39 is 0 Å². The second kappa shape index (κ2) is 9.88. The molecule has 5 nitrogen and oxygen atoms in total. The van der Waals surface area contributed by atoms with E-state index in [0.29, 0.717) is 12.0 Å². The van der Waals surface area contributed by atoms with Gasteiger partial charge in [0.2, 0.25) is 0 Å². The largest absolute Gasteiger partial charge is 0.337 e. The summed E-state index contributed by atoms with van der Waals surface area (Å²) in [5, 5.41) is 4.37. The number of piperazine rings is 1. The minimum atomic E-state index is 0. The predicted molar refractivity (Wildman–Crippen MR) is 119 cm³/mol. The number of carbonyl (C=O) groups excluding carboxylic acids is 1. The molecule has 2 aliphatic heterocycles. The first-order valence-electron chi connectivity index (χ1n) is 9.77. The van der Waals surface area contributed by atoms with Crippen LogP contribution in [0, 0.1) is 0 Å². The lowest BCUT2D eigenvalue weighted by molar-refractivity contribution is 0.0775. The smallest absolute Gasteiger partial charge is 0.254 e. The molecule has 0 saturated carbocycles. The third-order valence-corrected chi connectivity index (χ3v) is 5.68. The predicted octanol–water partition coefficient (Wildman–Crippen LogP) is 3.32. The number of amides is 1. The van der Waals surface area contributed by atoms with Crippen LogP contribution in [0.1, 0.15) is 42.2 Å². The number of nitrogens with one attached hydrogen (secondary N) is 1. The van der Waals surface area contributed by atoms with Crippen molar-refractivity contribution in [2.75, 3.05) is 39.3 Å². The van der Waals surface area contributed by atoms with Crippen LogP contribution in [-0.2, 0) is 0 Å². The fourth-order valence-electron chi connectivity index (χ4n) is 4.11. The number of para-hydroxylation sites is 1. The molecule has 1 aromatic carbocycles. The maximum atomic E-state index is 13.3.